The molecule has 1 saturated heterocycles. The second-order valence-electron chi connectivity index (χ2n) is 5.17. The SMILES string of the molecule is N#Cc1ccc(N2C(=O)OC(CO)C2c2ccc(O)cc2)cc1. The fraction of sp³-hybridized carbons (Fsp3) is 0.176. The van der Waals surface area contributed by atoms with E-state index in [4.69, 9.17) is 10.00 Å². The molecule has 1 aliphatic rings. The largest absolute Gasteiger partial charge is 0.508 e. The highest BCUT2D eigenvalue weighted by Crippen LogP contribution is 2.37. The van der Waals surface area contributed by atoms with Gasteiger partial charge in [-0.1, -0.05) is 12.1 Å². The summed E-state index contributed by atoms with van der Waals surface area (Å²) in [6, 6.07) is 14.5. The molecule has 0 saturated carbocycles. The number of benzene rings is 2. The van der Waals surface area contributed by atoms with Gasteiger partial charge in [-0.3, -0.25) is 4.90 Å². The minimum Gasteiger partial charge on any atom is -0.508 e. The second kappa shape index (κ2) is 5.99. The van der Waals surface area contributed by atoms with E-state index in [0.29, 0.717) is 11.3 Å². The number of nitriles is 1. The molecule has 6 heteroatoms. The Balaban J connectivity index is 2.02. The van der Waals surface area contributed by atoms with Crippen molar-refractivity contribution in [1.82, 2.24) is 0 Å². The van der Waals surface area contributed by atoms with Crippen LogP contribution in [0.2, 0.25) is 0 Å². The second-order valence-corrected chi connectivity index (χ2v) is 5.17. The summed E-state index contributed by atoms with van der Waals surface area (Å²) in [5.41, 5.74) is 1.79. The monoisotopic (exact) mass is 310 g/mol. The van der Waals surface area contributed by atoms with Gasteiger partial charge in [0, 0.05) is 5.69 Å². The van der Waals surface area contributed by atoms with Gasteiger partial charge in [-0.2, -0.15) is 5.26 Å². The number of phenols is 1. The number of carbonyl (C=O) groups is 1. The molecule has 1 aliphatic heterocycles. The Morgan fingerprint density at radius 2 is 1.78 bits per heavy atom. The summed E-state index contributed by atoms with van der Waals surface area (Å²) in [7, 11) is 0. The molecule has 23 heavy (non-hydrogen) atoms. The lowest BCUT2D eigenvalue weighted by Crippen LogP contribution is -2.30. The van der Waals surface area contributed by atoms with Crippen molar-refractivity contribution in [3.63, 3.8) is 0 Å². The molecule has 0 aromatic heterocycles. The van der Waals surface area contributed by atoms with Crippen molar-refractivity contribution >= 4 is 11.8 Å². The van der Waals surface area contributed by atoms with E-state index in [1.165, 1.54) is 17.0 Å². The number of rotatable bonds is 3. The maximum Gasteiger partial charge on any atom is 0.415 e. The van der Waals surface area contributed by atoms with E-state index in [2.05, 4.69) is 0 Å². The fourth-order valence-corrected chi connectivity index (χ4v) is 2.67. The topological polar surface area (TPSA) is 93.8 Å². The molecule has 6 nitrogen and oxygen atoms in total. The van der Waals surface area contributed by atoms with Gasteiger partial charge in [0.05, 0.1) is 18.2 Å². The third kappa shape index (κ3) is 2.70. The molecule has 116 valence electrons. The van der Waals surface area contributed by atoms with Gasteiger partial charge in [-0.05, 0) is 42.0 Å². The smallest absolute Gasteiger partial charge is 0.415 e. The number of cyclic esters (lactones) is 1. The maximum absolute atomic E-state index is 12.2. The first kappa shape index (κ1) is 14.9. The van der Waals surface area contributed by atoms with Crippen molar-refractivity contribution in [2.75, 3.05) is 11.5 Å². The van der Waals surface area contributed by atoms with E-state index >= 15 is 0 Å². The number of hydrogen-bond acceptors (Lipinski definition) is 5. The van der Waals surface area contributed by atoms with Crippen LogP contribution >= 0.6 is 0 Å². The highest BCUT2D eigenvalue weighted by molar-refractivity contribution is 5.91. The molecule has 0 bridgehead atoms. The Bertz CT molecular complexity index is 750. The summed E-state index contributed by atoms with van der Waals surface area (Å²) < 4.78 is 5.24. The van der Waals surface area contributed by atoms with Crippen molar-refractivity contribution in [2.45, 2.75) is 12.1 Å². The zero-order valence-electron chi connectivity index (χ0n) is 12.1. The molecule has 2 unspecified atom stereocenters. The van der Waals surface area contributed by atoms with Gasteiger partial charge in [0.25, 0.3) is 0 Å². The molecular weight excluding hydrogens is 296 g/mol. The van der Waals surface area contributed by atoms with E-state index in [1.54, 1.807) is 36.4 Å². The van der Waals surface area contributed by atoms with Crippen molar-refractivity contribution in [3.8, 4) is 11.8 Å². The van der Waals surface area contributed by atoms with E-state index in [1.807, 2.05) is 6.07 Å². The number of aliphatic hydroxyl groups is 1. The highest BCUT2D eigenvalue weighted by Gasteiger charge is 2.43. The Morgan fingerprint density at radius 1 is 1.13 bits per heavy atom. The summed E-state index contributed by atoms with van der Waals surface area (Å²) in [6.45, 7) is -0.315. The van der Waals surface area contributed by atoms with Gasteiger partial charge < -0.3 is 14.9 Å². The van der Waals surface area contributed by atoms with Crippen LogP contribution in [0.25, 0.3) is 0 Å². The van der Waals surface area contributed by atoms with Gasteiger partial charge in [-0.15, -0.1) is 0 Å². The Hall–Kier alpha value is -3.04. The minimum atomic E-state index is -0.706. The number of nitrogens with zero attached hydrogens (tertiary/aromatic N) is 2. The lowest BCUT2D eigenvalue weighted by atomic mass is 10.0. The standard InChI is InChI=1S/C17H14N2O4/c18-9-11-1-5-13(6-2-11)19-16(15(10-20)23-17(19)22)12-3-7-14(21)8-4-12/h1-8,15-16,20-21H,10H2. The van der Waals surface area contributed by atoms with E-state index < -0.39 is 18.2 Å². The lowest BCUT2D eigenvalue weighted by Gasteiger charge is -2.24. The molecule has 2 aromatic rings. The van der Waals surface area contributed by atoms with Crippen LogP contribution in [0.1, 0.15) is 17.2 Å². The quantitative estimate of drug-likeness (QED) is 0.907. The molecule has 0 aliphatic carbocycles. The highest BCUT2D eigenvalue weighted by atomic mass is 16.6. The molecule has 2 N–H and O–H groups in total. The number of anilines is 1. The van der Waals surface area contributed by atoms with E-state index in [0.717, 1.165) is 5.56 Å². The van der Waals surface area contributed by atoms with Gasteiger partial charge in [-0.25, -0.2) is 4.79 Å². The van der Waals surface area contributed by atoms with Crippen molar-refractivity contribution in [2.24, 2.45) is 0 Å². The van der Waals surface area contributed by atoms with Crippen LogP contribution in [0.5, 0.6) is 5.75 Å². The molecule has 1 amide bonds. The molecule has 2 atom stereocenters. The Kier molecular flexibility index (Phi) is 3.87. The van der Waals surface area contributed by atoms with Crippen LogP contribution in [0, 0.1) is 11.3 Å². The number of ether oxygens (including phenoxy) is 1. The molecule has 0 spiro atoms. The number of aliphatic hydroxyl groups excluding tert-OH is 1. The summed E-state index contributed by atoms with van der Waals surface area (Å²) in [5, 5.41) is 27.8. The van der Waals surface area contributed by atoms with E-state index in [-0.39, 0.29) is 12.4 Å². The van der Waals surface area contributed by atoms with Crippen LogP contribution in [-0.4, -0.2) is 29.0 Å². The van der Waals surface area contributed by atoms with Crippen LogP contribution in [-0.2, 0) is 4.74 Å². The first-order chi connectivity index (χ1) is 11.1. The molecule has 2 aromatic carbocycles. The fourth-order valence-electron chi connectivity index (χ4n) is 2.67. The number of phenolic OH excluding ortho intramolecular Hbond substituents is 1. The van der Waals surface area contributed by atoms with Gasteiger partial charge in [0.15, 0.2) is 6.10 Å². The molecule has 1 fully saturated rings. The number of hydrogen-bond donors (Lipinski definition) is 2. The summed E-state index contributed by atoms with van der Waals surface area (Å²) in [5.74, 6) is 0.115. The summed E-state index contributed by atoms with van der Waals surface area (Å²) in [4.78, 5) is 13.7. The zero-order chi connectivity index (χ0) is 16.4. The Labute approximate surface area is 132 Å². The number of carbonyl (C=O) groups excluding carboxylic acids is 1. The van der Waals surface area contributed by atoms with Crippen molar-refractivity contribution < 1.29 is 19.7 Å². The Morgan fingerprint density at radius 3 is 2.35 bits per heavy atom. The van der Waals surface area contributed by atoms with Gasteiger partial charge >= 0.3 is 6.09 Å². The first-order valence-electron chi connectivity index (χ1n) is 7.04. The predicted octanol–water partition coefficient (Wildman–Crippen LogP) is 2.32. The average molecular weight is 310 g/mol. The predicted molar refractivity (Wildman–Crippen MR) is 81.8 cm³/mol. The summed E-state index contributed by atoms with van der Waals surface area (Å²) >= 11 is 0. The third-order valence-electron chi connectivity index (χ3n) is 3.77. The van der Waals surface area contributed by atoms with Crippen LogP contribution < -0.4 is 4.90 Å². The number of amides is 1. The minimum absolute atomic E-state index is 0.115. The normalized spacial score (nSPS) is 20.2. The van der Waals surface area contributed by atoms with Crippen LogP contribution in [0.4, 0.5) is 10.5 Å². The third-order valence-corrected chi connectivity index (χ3v) is 3.77. The van der Waals surface area contributed by atoms with Gasteiger partial charge in [0.2, 0.25) is 0 Å². The van der Waals surface area contributed by atoms with Crippen molar-refractivity contribution in [3.05, 3.63) is 59.7 Å². The summed E-state index contributed by atoms with van der Waals surface area (Å²) in [6.07, 6.45) is -1.27. The van der Waals surface area contributed by atoms with Gasteiger partial charge in [0.1, 0.15) is 11.8 Å². The van der Waals surface area contributed by atoms with Crippen molar-refractivity contribution in [1.29, 1.82) is 5.26 Å². The van der Waals surface area contributed by atoms with Crippen LogP contribution in [0.15, 0.2) is 48.5 Å². The maximum atomic E-state index is 12.2. The van der Waals surface area contributed by atoms with Crippen LogP contribution in [0.3, 0.4) is 0 Å². The molecule has 3 rings (SSSR count). The molecule has 0 radical (unpaired) electrons. The zero-order valence-corrected chi connectivity index (χ0v) is 12.1. The molecule has 1 heterocycles. The number of aromatic hydroxyl groups is 1. The lowest BCUT2D eigenvalue weighted by molar-refractivity contribution is 0.0829. The molecular formula is C17H14N2O4. The first-order valence-corrected chi connectivity index (χ1v) is 7.04. The van der Waals surface area contributed by atoms with E-state index in [9.17, 15) is 15.0 Å². The average Bonchev–Trinajstić information content (AvgIpc) is 2.92.